The summed E-state index contributed by atoms with van der Waals surface area (Å²) in [6.07, 6.45) is 0. The summed E-state index contributed by atoms with van der Waals surface area (Å²) in [6, 6.07) is 27.7. The van der Waals surface area contributed by atoms with Crippen molar-refractivity contribution in [2.75, 3.05) is 0 Å². The number of carbonyl (C=O) groups is 1. The lowest BCUT2D eigenvalue weighted by Crippen LogP contribution is -2.07. The molecular weight excluding hydrogens is 296 g/mol. The van der Waals surface area contributed by atoms with E-state index < -0.39 is 0 Å². The molecule has 0 radical (unpaired) electrons. The van der Waals surface area contributed by atoms with Gasteiger partial charge in [-0.2, -0.15) is 0 Å². The van der Waals surface area contributed by atoms with Gasteiger partial charge in [-0.15, -0.1) is 0 Å². The minimum Gasteiger partial charge on any atom is -0.457 e. The van der Waals surface area contributed by atoms with Gasteiger partial charge in [-0.3, -0.25) is 0 Å². The Bertz CT molecular complexity index is 966. The second-order valence-corrected chi connectivity index (χ2v) is 5.76. The van der Waals surface area contributed by atoms with Gasteiger partial charge in [-0.05, 0) is 33.2 Å². The zero-order chi connectivity index (χ0) is 16.4. The largest absolute Gasteiger partial charge is 0.457 e. The Morgan fingerprint density at radius 3 is 1.88 bits per heavy atom. The van der Waals surface area contributed by atoms with Crippen LogP contribution in [-0.4, -0.2) is 5.97 Å². The number of carbonyl (C=O) groups excluding carboxylic acids is 1. The average molecular weight is 312 g/mol. The fourth-order valence-electron chi connectivity index (χ4n) is 3.03. The minimum atomic E-state index is -0.285. The molecule has 0 spiro atoms. The van der Waals surface area contributed by atoms with Crippen molar-refractivity contribution in [1.82, 2.24) is 0 Å². The molecule has 4 aromatic rings. The summed E-state index contributed by atoms with van der Waals surface area (Å²) in [5.74, 6) is -0.285. The second kappa shape index (κ2) is 6.17. The molecule has 0 saturated carbocycles. The highest BCUT2D eigenvalue weighted by Gasteiger charge is 2.16. The lowest BCUT2D eigenvalue weighted by molar-refractivity contribution is 0.0477. The third-order valence-electron chi connectivity index (χ3n) is 4.19. The summed E-state index contributed by atoms with van der Waals surface area (Å²) < 4.78 is 5.59. The van der Waals surface area contributed by atoms with E-state index in [4.69, 9.17) is 4.74 Å². The summed E-state index contributed by atoms with van der Waals surface area (Å²) in [4.78, 5) is 12.8. The van der Waals surface area contributed by atoms with E-state index in [0.29, 0.717) is 5.56 Å². The van der Waals surface area contributed by atoms with E-state index in [1.165, 1.54) is 0 Å². The number of hydrogen-bond donors (Lipinski definition) is 0. The Kier molecular flexibility index (Phi) is 3.72. The van der Waals surface area contributed by atoms with E-state index in [2.05, 4.69) is 6.07 Å². The molecule has 2 nitrogen and oxygen atoms in total. The minimum absolute atomic E-state index is 0.275. The third kappa shape index (κ3) is 2.63. The summed E-state index contributed by atoms with van der Waals surface area (Å²) in [5, 5.41) is 3.94. The molecule has 0 bridgehead atoms. The Hall–Kier alpha value is -3.13. The zero-order valence-corrected chi connectivity index (χ0v) is 13.1. The lowest BCUT2D eigenvalue weighted by Gasteiger charge is -2.11. The lowest BCUT2D eigenvalue weighted by atomic mass is 9.97. The molecule has 24 heavy (non-hydrogen) atoms. The number of ether oxygens (including phenoxy) is 1. The SMILES string of the molecule is O=C(OCc1ccccc1)c1c2ccccc2cc2ccccc12. The van der Waals surface area contributed by atoms with Crippen LogP contribution in [0, 0.1) is 0 Å². The van der Waals surface area contributed by atoms with Crippen LogP contribution in [-0.2, 0) is 11.3 Å². The van der Waals surface area contributed by atoms with Crippen molar-refractivity contribution >= 4 is 27.5 Å². The van der Waals surface area contributed by atoms with Gasteiger partial charge in [0, 0.05) is 0 Å². The Balaban J connectivity index is 1.79. The van der Waals surface area contributed by atoms with Crippen LogP contribution in [0.15, 0.2) is 84.9 Å². The standard InChI is InChI=1S/C22H16O2/c23-22(24-15-16-8-2-1-3-9-16)21-19-12-6-4-10-17(19)14-18-11-5-7-13-20(18)21/h1-14H,15H2. The molecule has 0 heterocycles. The van der Waals surface area contributed by atoms with Crippen LogP contribution in [0.5, 0.6) is 0 Å². The van der Waals surface area contributed by atoms with Crippen molar-refractivity contribution in [3.05, 3.63) is 96.1 Å². The molecule has 0 unspecified atom stereocenters. The monoisotopic (exact) mass is 312 g/mol. The molecule has 2 heteroatoms. The van der Waals surface area contributed by atoms with Crippen LogP contribution >= 0.6 is 0 Å². The molecule has 0 amide bonds. The molecule has 4 aromatic carbocycles. The number of benzene rings is 4. The van der Waals surface area contributed by atoms with Gasteiger partial charge in [0.2, 0.25) is 0 Å². The maximum absolute atomic E-state index is 12.8. The number of fused-ring (bicyclic) bond motifs is 2. The molecule has 0 atom stereocenters. The predicted octanol–water partition coefficient (Wildman–Crippen LogP) is 5.35. The van der Waals surface area contributed by atoms with Crippen LogP contribution in [0.4, 0.5) is 0 Å². The van der Waals surface area contributed by atoms with Crippen LogP contribution < -0.4 is 0 Å². The van der Waals surface area contributed by atoms with Gasteiger partial charge in [0.05, 0.1) is 5.56 Å². The highest BCUT2D eigenvalue weighted by atomic mass is 16.5. The number of hydrogen-bond acceptors (Lipinski definition) is 2. The Labute approximate surface area is 140 Å². The van der Waals surface area contributed by atoms with Crippen LogP contribution in [0.3, 0.4) is 0 Å². The van der Waals surface area contributed by atoms with Crippen molar-refractivity contribution < 1.29 is 9.53 Å². The predicted molar refractivity (Wildman–Crippen MR) is 97.0 cm³/mol. The maximum Gasteiger partial charge on any atom is 0.339 e. The quantitative estimate of drug-likeness (QED) is 0.376. The molecule has 0 aliphatic rings. The Morgan fingerprint density at radius 2 is 1.25 bits per heavy atom. The topological polar surface area (TPSA) is 26.3 Å². The molecule has 0 aliphatic heterocycles. The average Bonchev–Trinajstić information content (AvgIpc) is 2.65. The van der Waals surface area contributed by atoms with Gasteiger partial charge in [-0.1, -0.05) is 78.9 Å². The summed E-state index contributed by atoms with van der Waals surface area (Å²) in [6.45, 7) is 0.275. The van der Waals surface area contributed by atoms with E-state index in [1.807, 2.05) is 78.9 Å². The van der Waals surface area contributed by atoms with E-state index in [0.717, 1.165) is 27.1 Å². The number of rotatable bonds is 3. The van der Waals surface area contributed by atoms with Crippen molar-refractivity contribution in [3.63, 3.8) is 0 Å². The Morgan fingerprint density at radius 1 is 0.708 bits per heavy atom. The van der Waals surface area contributed by atoms with E-state index >= 15 is 0 Å². The highest BCUT2D eigenvalue weighted by Crippen LogP contribution is 2.29. The molecule has 0 aliphatic carbocycles. The molecule has 0 fully saturated rings. The van der Waals surface area contributed by atoms with Crippen molar-refractivity contribution in [1.29, 1.82) is 0 Å². The van der Waals surface area contributed by atoms with Gasteiger partial charge in [0.25, 0.3) is 0 Å². The van der Waals surface area contributed by atoms with E-state index in [-0.39, 0.29) is 12.6 Å². The highest BCUT2D eigenvalue weighted by molar-refractivity contribution is 6.16. The molecule has 4 rings (SSSR count). The summed E-state index contributed by atoms with van der Waals surface area (Å²) in [5.41, 5.74) is 1.62. The van der Waals surface area contributed by atoms with Gasteiger partial charge in [0.1, 0.15) is 6.61 Å². The zero-order valence-electron chi connectivity index (χ0n) is 13.1. The summed E-state index contributed by atoms with van der Waals surface area (Å²) in [7, 11) is 0. The van der Waals surface area contributed by atoms with Crippen LogP contribution in [0.1, 0.15) is 15.9 Å². The fourth-order valence-corrected chi connectivity index (χ4v) is 3.03. The first-order valence-electron chi connectivity index (χ1n) is 7.94. The smallest absolute Gasteiger partial charge is 0.339 e. The molecule has 0 N–H and O–H groups in total. The molecular formula is C22H16O2. The van der Waals surface area contributed by atoms with Gasteiger partial charge < -0.3 is 4.74 Å². The van der Waals surface area contributed by atoms with Crippen molar-refractivity contribution in [3.8, 4) is 0 Å². The van der Waals surface area contributed by atoms with Crippen molar-refractivity contribution in [2.45, 2.75) is 6.61 Å². The van der Waals surface area contributed by atoms with Crippen molar-refractivity contribution in [2.24, 2.45) is 0 Å². The van der Waals surface area contributed by atoms with E-state index in [1.54, 1.807) is 0 Å². The normalized spacial score (nSPS) is 10.8. The van der Waals surface area contributed by atoms with Gasteiger partial charge in [-0.25, -0.2) is 4.79 Å². The number of esters is 1. The first-order valence-corrected chi connectivity index (χ1v) is 7.94. The van der Waals surface area contributed by atoms with Crippen LogP contribution in [0.2, 0.25) is 0 Å². The third-order valence-corrected chi connectivity index (χ3v) is 4.19. The molecule has 0 saturated heterocycles. The van der Waals surface area contributed by atoms with Crippen LogP contribution in [0.25, 0.3) is 21.5 Å². The van der Waals surface area contributed by atoms with E-state index in [9.17, 15) is 4.79 Å². The first kappa shape index (κ1) is 14.5. The van der Waals surface area contributed by atoms with Gasteiger partial charge in [0.15, 0.2) is 0 Å². The maximum atomic E-state index is 12.8. The fraction of sp³-hybridized carbons (Fsp3) is 0.0455. The first-order chi connectivity index (χ1) is 11.8. The molecule has 0 aromatic heterocycles. The summed E-state index contributed by atoms with van der Waals surface area (Å²) >= 11 is 0. The van der Waals surface area contributed by atoms with Gasteiger partial charge >= 0.3 is 5.97 Å². The molecule has 116 valence electrons. The second-order valence-electron chi connectivity index (χ2n) is 5.76.